The topological polar surface area (TPSA) is 52.3 Å². The molecule has 2 N–H and O–H groups in total. The minimum Gasteiger partial charge on any atom is -0.431 e. The number of halogens is 3. The molecular formula is C10H10F3NO2. The van der Waals surface area contributed by atoms with E-state index in [9.17, 15) is 18.0 Å². The van der Waals surface area contributed by atoms with Crippen LogP contribution in [0.25, 0.3) is 0 Å². The number of benzene rings is 1. The zero-order valence-electron chi connectivity index (χ0n) is 8.25. The largest absolute Gasteiger partial charge is 0.431 e. The Morgan fingerprint density at radius 2 is 1.88 bits per heavy atom. The van der Waals surface area contributed by atoms with E-state index in [0.717, 1.165) is 0 Å². The number of hydrogen-bond donors (Lipinski definition) is 1. The standard InChI is InChI=1S/C10H10F3NO2/c11-6-10(12,13)16-8-3-1-7(2-4-8)5-9(14)15/h1-4H,5-6H2,(H2,14,15). The normalized spacial score (nSPS) is 11.2. The van der Waals surface area contributed by atoms with Crippen molar-refractivity contribution in [3.8, 4) is 5.75 Å². The van der Waals surface area contributed by atoms with Crippen LogP contribution in [0.15, 0.2) is 24.3 Å². The first-order valence-corrected chi connectivity index (χ1v) is 4.43. The van der Waals surface area contributed by atoms with E-state index in [1.54, 1.807) is 0 Å². The highest BCUT2D eigenvalue weighted by molar-refractivity contribution is 5.76. The van der Waals surface area contributed by atoms with Crippen LogP contribution in [0, 0.1) is 0 Å². The molecule has 0 heterocycles. The molecule has 0 bridgehead atoms. The highest BCUT2D eigenvalue weighted by Crippen LogP contribution is 2.22. The van der Waals surface area contributed by atoms with Crippen molar-refractivity contribution in [1.82, 2.24) is 0 Å². The van der Waals surface area contributed by atoms with Crippen molar-refractivity contribution in [1.29, 1.82) is 0 Å². The van der Waals surface area contributed by atoms with Crippen molar-refractivity contribution in [2.75, 3.05) is 6.67 Å². The van der Waals surface area contributed by atoms with Crippen LogP contribution in [-0.2, 0) is 11.2 Å². The Labute approximate surface area is 90.0 Å². The number of primary amides is 1. The molecule has 0 aliphatic rings. The van der Waals surface area contributed by atoms with E-state index in [1.807, 2.05) is 0 Å². The average molecular weight is 233 g/mol. The van der Waals surface area contributed by atoms with Crippen molar-refractivity contribution in [3.63, 3.8) is 0 Å². The molecule has 0 radical (unpaired) electrons. The fourth-order valence-electron chi connectivity index (χ4n) is 1.08. The molecule has 0 aromatic heterocycles. The summed E-state index contributed by atoms with van der Waals surface area (Å²) < 4.78 is 40.8. The predicted molar refractivity (Wildman–Crippen MR) is 50.9 cm³/mol. The van der Waals surface area contributed by atoms with Crippen LogP contribution in [-0.4, -0.2) is 18.7 Å². The second kappa shape index (κ2) is 4.87. The first-order chi connectivity index (χ1) is 7.43. The summed E-state index contributed by atoms with van der Waals surface area (Å²) in [5.74, 6) is -0.696. The molecule has 1 aromatic carbocycles. The third-order valence-electron chi connectivity index (χ3n) is 1.72. The summed E-state index contributed by atoms with van der Waals surface area (Å²) in [4.78, 5) is 10.6. The Balaban J connectivity index is 2.68. The Morgan fingerprint density at radius 1 is 1.31 bits per heavy atom. The van der Waals surface area contributed by atoms with Gasteiger partial charge in [0.05, 0.1) is 6.42 Å². The minimum atomic E-state index is -3.83. The predicted octanol–water partition coefficient (Wildman–Crippen LogP) is 1.66. The van der Waals surface area contributed by atoms with Gasteiger partial charge >= 0.3 is 6.11 Å². The van der Waals surface area contributed by atoms with Crippen molar-refractivity contribution in [3.05, 3.63) is 29.8 Å². The minimum absolute atomic E-state index is 0.0137. The molecule has 0 aliphatic heterocycles. The van der Waals surface area contributed by atoms with Gasteiger partial charge in [0.2, 0.25) is 5.91 Å². The van der Waals surface area contributed by atoms with Crippen LogP contribution in [0.4, 0.5) is 13.2 Å². The van der Waals surface area contributed by atoms with Gasteiger partial charge in [0, 0.05) is 0 Å². The quantitative estimate of drug-likeness (QED) is 0.840. The van der Waals surface area contributed by atoms with Gasteiger partial charge in [0.15, 0.2) is 6.67 Å². The van der Waals surface area contributed by atoms with Gasteiger partial charge in [-0.2, -0.15) is 8.78 Å². The second-order valence-electron chi connectivity index (χ2n) is 3.16. The number of rotatable bonds is 5. The maximum absolute atomic E-state index is 12.5. The summed E-state index contributed by atoms with van der Waals surface area (Å²) in [7, 11) is 0. The molecule has 3 nitrogen and oxygen atoms in total. The van der Waals surface area contributed by atoms with Gasteiger partial charge in [-0.1, -0.05) is 12.1 Å². The first kappa shape index (κ1) is 12.4. The Kier molecular flexibility index (Phi) is 3.76. The lowest BCUT2D eigenvalue weighted by Crippen LogP contribution is -2.26. The Morgan fingerprint density at radius 3 is 2.31 bits per heavy atom. The molecule has 1 aromatic rings. The fourth-order valence-corrected chi connectivity index (χ4v) is 1.08. The second-order valence-corrected chi connectivity index (χ2v) is 3.16. The number of carbonyl (C=O) groups is 1. The van der Waals surface area contributed by atoms with Crippen LogP contribution in [0.5, 0.6) is 5.75 Å². The van der Waals surface area contributed by atoms with Gasteiger partial charge in [0.1, 0.15) is 5.75 Å². The lowest BCUT2D eigenvalue weighted by molar-refractivity contribution is -0.186. The molecule has 88 valence electrons. The van der Waals surface area contributed by atoms with E-state index in [2.05, 4.69) is 4.74 Å². The molecule has 0 saturated carbocycles. The van der Waals surface area contributed by atoms with Crippen molar-refractivity contribution in [2.45, 2.75) is 12.5 Å². The molecule has 0 saturated heterocycles. The zero-order chi connectivity index (χ0) is 12.2. The van der Waals surface area contributed by atoms with Gasteiger partial charge in [-0.05, 0) is 17.7 Å². The van der Waals surface area contributed by atoms with E-state index in [-0.39, 0.29) is 12.2 Å². The summed E-state index contributed by atoms with van der Waals surface area (Å²) in [6.07, 6.45) is -3.81. The molecule has 0 spiro atoms. The zero-order valence-corrected chi connectivity index (χ0v) is 8.25. The van der Waals surface area contributed by atoms with Gasteiger partial charge < -0.3 is 10.5 Å². The van der Waals surface area contributed by atoms with E-state index in [4.69, 9.17) is 5.73 Å². The number of nitrogens with two attached hydrogens (primary N) is 1. The number of alkyl halides is 3. The summed E-state index contributed by atoms with van der Waals surface area (Å²) in [6.45, 7) is -1.89. The third kappa shape index (κ3) is 3.80. The number of carbonyl (C=O) groups excluding carboxylic acids is 1. The molecule has 0 fully saturated rings. The van der Waals surface area contributed by atoms with E-state index in [0.29, 0.717) is 5.56 Å². The highest BCUT2D eigenvalue weighted by Gasteiger charge is 2.31. The third-order valence-corrected chi connectivity index (χ3v) is 1.72. The van der Waals surface area contributed by atoms with Crippen LogP contribution >= 0.6 is 0 Å². The fraction of sp³-hybridized carbons (Fsp3) is 0.300. The summed E-state index contributed by atoms with van der Waals surface area (Å²) >= 11 is 0. The maximum Gasteiger partial charge on any atom is 0.427 e. The van der Waals surface area contributed by atoms with Crippen molar-refractivity contribution in [2.24, 2.45) is 5.73 Å². The summed E-state index contributed by atoms with van der Waals surface area (Å²) in [5.41, 5.74) is 5.52. The van der Waals surface area contributed by atoms with E-state index in [1.165, 1.54) is 24.3 Å². The molecule has 0 atom stereocenters. The van der Waals surface area contributed by atoms with Crippen molar-refractivity contribution < 1.29 is 22.7 Å². The Hall–Kier alpha value is -1.72. The number of hydrogen-bond acceptors (Lipinski definition) is 2. The van der Waals surface area contributed by atoms with Gasteiger partial charge in [-0.25, -0.2) is 4.39 Å². The number of ether oxygens (including phenoxy) is 1. The smallest absolute Gasteiger partial charge is 0.427 e. The summed E-state index contributed by atoms with van der Waals surface area (Å²) in [6, 6.07) is 5.27. The van der Waals surface area contributed by atoms with E-state index < -0.39 is 18.7 Å². The monoisotopic (exact) mass is 233 g/mol. The van der Waals surface area contributed by atoms with Crippen LogP contribution in [0.1, 0.15) is 5.56 Å². The van der Waals surface area contributed by atoms with E-state index >= 15 is 0 Å². The van der Waals surface area contributed by atoms with Gasteiger partial charge in [-0.3, -0.25) is 4.79 Å². The Bertz CT molecular complexity index is 365. The molecule has 6 heteroatoms. The lowest BCUT2D eigenvalue weighted by atomic mass is 10.1. The van der Waals surface area contributed by atoms with Crippen molar-refractivity contribution >= 4 is 5.91 Å². The van der Waals surface area contributed by atoms with Crippen LogP contribution in [0.2, 0.25) is 0 Å². The highest BCUT2D eigenvalue weighted by atomic mass is 19.3. The first-order valence-electron chi connectivity index (χ1n) is 4.43. The maximum atomic E-state index is 12.5. The summed E-state index contributed by atoms with van der Waals surface area (Å²) in [5, 5.41) is 0. The van der Waals surface area contributed by atoms with Gasteiger partial charge in [0.25, 0.3) is 0 Å². The number of amides is 1. The molecule has 0 aliphatic carbocycles. The van der Waals surface area contributed by atoms with Crippen LogP contribution < -0.4 is 10.5 Å². The SMILES string of the molecule is NC(=O)Cc1ccc(OC(F)(F)CF)cc1. The molecular weight excluding hydrogens is 223 g/mol. The van der Waals surface area contributed by atoms with Gasteiger partial charge in [-0.15, -0.1) is 0 Å². The van der Waals surface area contributed by atoms with Crippen LogP contribution in [0.3, 0.4) is 0 Å². The molecule has 1 rings (SSSR count). The average Bonchev–Trinajstić information content (AvgIpc) is 2.20. The lowest BCUT2D eigenvalue weighted by Gasteiger charge is -2.14. The molecule has 1 amide bonds. The molecule has 0 unspecified atom stereocenters. The molecule has 16 heavy (non-hydrogen) atoms.